The maximum Gasteiger partial charge on any atom is 0.269 e. The number of nitro benzene ring substituents is 1. The Morgan fingerprint density at radius 1 is 1.00 bits per heavy atom. The van der Waals surface area contributed by atoms with E-state index in [1.807, 2.05) is 33.1 Å². The van der Waals surface area contributed by atoms with Gasteiger partial charge in [0.1, 0.15) is 30.9 Å². The molecule has 4 fully saturated rings. The van der Waals surface area contributed by atoms with Crippen LogP contribution in [0.4, 0.5) is 10.1 Å². The zero-order valence-electron chi connectivity index (χ0n) is 26.5. The van der Waals surface area contributed by atoms with Crippen LogP contribution in [0.25, 0.3) is 10.8 Å². The van der Waals surface area contributed by atoms with Gasteiger partial charge < -0.3 is 14.4 Å². The molecule has 4 saturated heterocycles. The maximum absolute atomic E-state index is 14.0. The molecular formula is C36H34FN7O5. The molecule has 0 bridgehead atoms. The highest BCUT2D eigenvalue weighted by Gasteiger charge is 2.60. The highest BCUT2D eigenvalue weighted by molar-refractivity contribution is 5.85. The Morgan fingerprint density at radius 3 is 2.53 bits per heavy atom. The van der Waals surface area contributed by atoms with Crippen molar-refractivity contribution in [2.24, 2.45) is 0 Å². The first-order valence-corrected chi connectivity index (χ1v) is 16.3. The van der Waals surface area contributed by atoms with Crippen molar-refractivity contribution in [3.05, 3.63) is 124 Å². The van der Waals surface area contributed by atoms with Crippen molar-refractivity contribution < 1.29 is 23.6 Å². The molecule has 4 unspecified atom stereocenters. The van der Waals surface area contributed by atoms with Crippen molar-refractivity contribution >= 4 is 22.4 Å². The number of hydrazine groups is 1. The number of amides is 1. The van der Waals surface area contributed by atoms with Crippen molar-refractivity contribution in [1.82, 2.24) is 25.1 Å². The van der Waals surface area contributed by atoms with E-state index in [0.29, 0.717) is 26.1 Å². The van der Waals surface area contributed by atoms with Gasteiger partial charge in [-0.25, -0.2) is 9.40 Å². The molecular weight excluding hydrogens is 629 g/mol. The number of epoxide rings is 2. The lowest BCUT2D eigenvalue weighted by atomic mass is 10.0. The quantitative estimate of drug-likeness (QED) is 0.110. The number of nitrogens with zero attached hydrogens (tertiary/aromatic N) is 6. The Morgan fingerprint density at radius 2 is 1.76 bits per heavy atom. The number of hydrogen-bond donors (Lipinski definition) is 1. The number of hydrogen-bond acceptors (Lipinski definition) is 10. The van der Waals surface area contributed by atoms with E-state index in [9.17, 15) is 24.6 Å². The summed E-state index contributed by atoms with van der Waals surface area (Å²) in [6.07, 6.45) is -1.30. The number of nitriles is 1. The van der Waals surface area contributed by atoms with E-state index in [1.54, 1.807) is 24.3 Å². The SMILES string of the molecule is N#CCN(C1OC1NCc1ccc(F)cc1)N1CC(=O)N2[C@@H](Cc3ccc([N+](=O)[O-])cc3)C3OC3N(Cc3cccc4ccccc34)C[C@@H]21. The van der Waals surface area contributed by atoms with Crippen molar-refractivity contribution in [3.8, 4) is 6.07 Å². The number of carbonyl (C=O) groups excluding carboxylic acids is 1. The van der Waals surface area contributed by atoms with Crippen LogP contribution in [0.5, 0.6) is 0 Å². The van der Waals surface area contributed by atoms with Gasteiger partial charge in [0.05, 0.1) is 23.6 Å². The fraction of sp³-hybridized carbons (Fsp3) is 0.333. The van der Waals surface area contributed by atoms with Gasteiger partial charge in [-0.3, -0.25) is 25.1 Å². The van der Waals surface area contributed by atoms with Crippen LogP contribution in [0, 0.1) is 27.3 Å². The Balaban J connectivity index is 1.08. The van der Waals surface area contributed by atoms with Gasteiger partial charge in [0.2, 0.25) is 5.91 Å². The summed E-state index contributed by atoms with van der Waals surface area (Å²) < 4.78 is 25.8. The van der Waals surface area contributed by atoms with Gasteiger partial charge in [0, 0.05) is 31.8 Å². The van der Waals surface area contributed by atoms with Crippen LogP contribution < -0.4 is 5.32 Å². The highest BCUT2D eigenvalue weighted by atomic mass is 19.1. The summed E-state index contributed by atoms with van der Waals surface area (Å²) in [5.41, 5.74) is 2.91. The molecule has 1 amide bonds. The minimum absolute atomic E-state index is 0.00639. The molecule has 0 aromatic heterocycles. The second-order valence-electron chi connectivity index (χ2n) is 12.8. The molecule has 0 spiro atoms. The van der Waals surface area contributed by atoms with Gasteiger partial charge >= 0.3 is 0 Å². The molecule has 1 N–H and O–H groups in total. The van der Waals surface area contributed by atoms with Crippen LogP contribution >= 0.6 is 0 Å². The third-order valence-corrected chi connectivity index (χ3v) is 9.84. The smallest absolute Gasteiger partial charge is 0.269 e. The molecule has 12 nitrogen and oxygen atoms in total. The third kappa shape index (κ3) is 6.26. The van der Waals surface area contributed by atoms with E-state index in [2.05, 4.69) is 40.6 Å². The second-order valence-corrected chi connectivity index (χ2v) is 12.8. The predicted octanol–water partition coefficient (Wildman–Crippen LogP) is 3.72. The topological polar surface area (TPSA) is 134 Å². The van der Waals surface area contributed by atoms with Crippen LogP contribution in [0.2, 0.25) is 0 Å². The molecule has 4 aromatic rings. The van der Waals surface area contributed by atoms with E-state index in [-0.39, 0.29) is 55.1 Å². The van der Waals surface area contributed by atoms with Crippen molar-refractivity contribution in [3.63, 3.8) is 0 Å². The molecule has 4 aliphatic rings. The molecule has 0 radical (unpaired) electrons. The van der Waals surface area contributed by atoms with Crippen molar-refractivity contribution in [2.45, 2.75) is 56.5 Å². The minimum atomic E-state index is -0.471. The number of ether oxygens (including phenoxy) is 2. The highest BCUT2D eigenvalue weighted by Crippen LogP contribution is 2.42. The normalized spacial score (nSPS) is 26.3. The first-order chi connectivity index (χ1) is 23.9. The van der Waals surface area contributed by atoms with Gasteiger partial charge in [0.15, 0.2) is 12.5 Å². The largest absolute Gasteiger partial charge is 0.351 e. The lowest BCUT2D eigenvalue weighted by Gasteiger charge is -2.39. The number of nitro groups is 1. The Labute approximate surface area is 281 Å². The minimum Gasteiger partial charge on any atom is -0.351 e. The summed E-state index contributed by atoms with van der Waals surface area (Å²) in [5, 5.41) is 30.6. The van der Waals surface area contributed by atoms with E-state index < -0.39 is 17.3 Å². The molecule has 0 saturated carbocycles. The lowest BCUT2D eigenvalue weighted by Crippen LogP contribution is -2.56. The number of halogens is 1. The van der Waals surface area contributed by atoms with Crippen LogP contribution in [-0.2, 0) is 33.8 Å². The summed E-state index contributed by atoms with van der Waals surface area (Å²) >= 11 is 0. The summed E-state index contributed by atoms with van der Waals surface area (Å²) in [4.78, 5) is 29.0. The summed E-state index contributed by atoms with van der Waals surface area (Å²) in [5.74, 6) is -0.391. The fourth-order valence-corrected chi connectivity index (χ4v) is 7.36. The molecule has 0 aliphatic carbocycles. The summed E-state index contributed by atoms with van der Waals surface area (Å²) in [7, 11) is 0. The monoisotopic (exact) mass is 663 g/mol. The van der Waals surface area contributed by atoms with Gasteiger partial charge in [-0.05, 0) is 46.0 Å². The van der Waals surface area contributed by atoms with Crippen LogP contribution in [-0.4, -0.2) is 87.3 Å². The van der Waals surface area contributed by atoms with Gasteiger partial charge in [-0.15, -0.1) is 0 Å². The third-order valence-electron chi connectivity index (χ3n) is 9.84. The van der Waals surface area contributed by atoms with Crippen LogP contribution in [0.15, 0.2) is 91.0 Å². The number of carbonyl (C=O) groups is 1. The Bertz CT molecular complexity index is 1920. The second kappa shape index (κ2) is 12.9. The summed E-state index contributed by atoms with van der Waals surface area (Å²) in [6.45, 7) is 1.59. The van der Waals surface area contributed by atoms with E-state index in [4.69, 9.17) is 9.47 Å². The Hall–Kier alpha value is -4.81. The number of rotatable bonds is 11. The maximum atomic E-state index is 14.0. The first kappa shape index (κ1) is 31.5. The predicted molar refractivity (Wildman–Crippen MR) is 175 cm³/mol. The zero-order chi connectivity index (χ0) is 33.6. The summed E-state index contributed by atoms with van der Waals surface area (Å²) in [6, 6.07) is 29.1. The van der Waals surface area contributed by atoms with Crippen LogP contribution in [0.1, 0.15) is 16.7 Å². The average Bonchev–Trinajstić information content (AvgIpc) is 4.03. The van der Waals surface area contributed by atoms with E-state index in [0.717, 1.165) is 27.5 Å². The fourth-order valence-electron chi connectivity index (χ4n) is 7.36. The van der Waals surface area contributed by atoms with Crippen molar-refractivity contribution in [1.29, 1.82) is 5.26 Å². The molecule has 4 aromatic carbocycles. The number of benzene rings is 4. The molecule has 49 heavy (non-hydrogen) atoms. The van der Waals surface area contributed by atoms with Crippen molar-refractivity contribution in [2.75, 3.05) is 19.6 Å². The number of nitrogens with one attached hydrogen (secondary N) is 1. The van der Waals surface area contributed by atoms with Gasteiger partial charge in [-0.1, -0.05) is 66.7 Å². The molecule has 250 valence electrons. The molecule has 13 heteroatoms. The van der Waals surface area contributed by atoms with E-state index >= 15 is 0 Å². The molecule has 4 aliphatic heterocycles. The Kier molecular flexibility index (Phi) is 8.28. The van der Waals surface area contributed by atoms with E-state index in [1.165, 1.54) is 24.3 Å². The van der Waals surface area contributed by atoms with Crippen LogP contribution in [0.3, 0.4) is 0 Å². The molecule has 6 atom stereocenters. The van der Waals surface area contributed by atoms with Gasteiger partial charge in [0.25, 0.3) is 5.69 Å². The standard InChI is InChI=1S/C36H34FN7O5/c37-27-12-8-24(9-13-27)19-39-34-36(49-34)41(17-16-38)42-22-32(45)43-30(18-23-10-14-28(15-11-23)44(46)47)33-35(48-33)40(21-31(42)43)20-26-6-3-5-25-4-1-2-7-29(25)26/h1-15,30-31,33-36,39H,17-22H2/t30-,31+,33?,34?,35?,36?/m0/s1. The number of fused-ring (bicyclic) bond motifs is 3. The first-order valence-electron chi connectivity index (χ1n) is 16.3. The zero-order valence-corrected chi connectivity index (χ0v) is 26.5. The lowest BCUT2D eigenvalue weighted by molar-refractivity contribution is -0.384. The number of non-ortho nitro benzene ring substituents is 1. The molecule has 8 rings (SSSR count). The van der Waals surface area contributed by atoms with Gasteiger partial charge in [-0.2, -0.15) is 10.3 Å². The molecule has 4 heterocycles. The average molecular weight is 664 g/mol.